The molecule has 0 heterocycles. The third-order valence-corrected chi connectivity index (χ3v) is 1.94. The molecular formula is C12H13O5. The van der Waals surface area contributed by atoms with E-state index in [1.807, 2.05) is 0 Å². The van der Waals surface area contributed by atoms with Crippen molar-refractivity contribution in [3.8, 4) is 0 Å². The Hall–Kier alpha value is -2.04. The molecule has 5 nitrogen and oxygen atoms in total. The average Bonchev–Trinajstić information content (AvgIpc) is 2.36. The van der Waals surface area contributed by atoms with Crippen molar-refractivity contribution in [2.75, 3.05) is 13.7 Å². The molecule has 0 amide bonds. The van der Waals surface area contributed by atoms with Gasteiger partial charge < -0.3 is 14.2 Å². The first-order chi connectivity index (χ1) is 8.19. The van der Waals surface area contributed by atoms with Gasteiger partial charge in [-0.1, -0.05) is 24.3 Å². The van der Waals surface area contributed by atoms with E-state index in [1.54, 1.807) is 31.2 Å². The Labute approximate surface area is 99.3 Å². The minimum atomic E-state index is -1.12. The Morgan fingerprint density at radius 3 is 2.53 bits per heavy atom. The SMILES string of the molecule is CCOC(=O)OC(C(=O)OC)c1cc[c]cc1. The second kappa shape index (κ2) is 6.52. The summed E-state index contributed by atoms with van der Waals surface area (Å²) in [5.74, 6) is -0.663. The first kappa shape index (κ1) is 13.0. The summed E-state index contributed by atoms with van der Waals surface area (Å²) in [4.78, 5) is 22.7. The Bertz CT molecular complexity index is 374. The molecule has 1 aromatic carbocycles. The first-order valence-corrected chi connectivity index (χ1v) is 5.06. The van der Waals surface area contributed by atoms with Crippen LogP contribution in [-0.4, -0.2) is 25.8 Å². The zero-order valence-corrected chi connectivity index (χ0v) is 9.64. The second-order valence-corrected chi connectivity index (χ2v) is 3.04. The summed E-state index contributed by atoms with van der Waals surface area (Å²) in [7, 11) is 1.22. The highest BCUT2D eigenvalue weighted by atomic mass is 16.7. The fourth-order valence-corrected chi connectivity index (χ4v) is 1.18. The van der Waals surface area contributed by atoms with E-state index in [1.165, 1.54) is 7.11 Å². The summed E-state index contributed by atoms with van der Waals surface area (Å²) in [6.07, 6.45) is -2.02. The molecule has 0 aliphatic heterocycles. The summed E-state index contributed by atoms with van der Waals surface area (Å²) in [5, 5.41) is 0. The predicted molar refractivity (Wildman–Crippen MR) is 58.1 cm³/mol. The molecule has 17 heavy (non-hydrogen) atoms. The zero-order chi connectivity index (χ0) is 12.7. The summed E-state index contributed by atoms with van der Waals surface area (Å²) >= 11 is 0. The van der Waals surface area contributed by atoms with Crippen molar-refractivity contribution in [1.29, 1.82) is 0 Å². The molecule has 0 aromatic heterocycles. The highest BCUT2D eigenvalue weighted by Gasteiger charge is 2.26. The number of ether oxygens (including phenoxy) is 3. The number of hydrogen-bond acceptors (Lipinski definition) is 5. The van der Waals surface area contributed by atoms with Crippen LogP contribution in [0.5, 0.6) is 0 Å². The number of methoxy groups -OCH3 is 1. The fourth-order valence-electron chi connectivity index (χ4n) is 1.18. The van der Waals surface area contributed by atoms with Gasteiger partial charge in [0, 0.05) is 5.56 Å². The first-order valence-electron chi connectivity index (χ1n) is 5.06. The van der Waals surface area contributed by atoms with Crippen LogP contribution < -0.4 is 0 Å². The topological polar surface area (TPSA) is 61.8 Å². The molecule has 1 atom stereocenters. The van der Waals surface area contributed by atoms with Crippen LogP contribution in [0.25, 0.3) is 0 Å². The molecular weight excluding hydrogens is 224 g/mol. The van der Waals surface area contributed by atoms with E-state index in [2.05, 4.69) is 15.5 Å². The van der Waals surface area contributed by atoms with Crippen LogP contribution in [0, 0.1) is 6.07 Å². The Balaban J connectivity index is 2.82. The van der Waals surface area contributed by atoms with E-state index in [4.69, 9.17) is 4.74 Å². The van der Waals surface area contributed by atoms with Crippen molar-refractivity contribution in [3.63, 3.8) is 0 Å². The lowest BCUT2D eigenvalue weighted by Gasteiger charge is -2.15. The van der Waals surface area contributed by atoms with E-state index in [0.29, 0.717) is 5.56 Å². The number of benzene rings is 1. The van der Waals surface area contributed by atoms with Gasteiger partial charge in [-0.2, -0.15) is 0 Å². The molecule has 0 N–H and O–H groups in total. The van der Waals surface area contributed by atoms with E-state index >= 15 is 0 Å². The number of rotatable bonds is 4. The summed E-state index contributed by atoms with van der Waals surface area (Å²) < 4.78 is 14.1. The van der Waals surface area contributed by atoms with Gasteiger partial charge >= 0.3 is 12.1 Å². The maximum absolute atomic E-state index is 11.5. The zero-order valence-electron chi connectivity index (χ0n) is 9.64. The van der Waals surface area contributed by atoms with Crippen LogP contribution in [0.4, 0.5) is 4.79 Å². The molecule has 0 saturated heterocycles. The fraction of sp³-hybridized carbons (Fsp3) is 0.333. The van der Waals surface area contributed by atoms with Crippen LogP contribution in [0.1, 0.15) is 18.6 Å². The van der Waals surface area contributed by atoms with Gasteiger partial charge in [-0.3, -0.25) is 0 Å². The summed E-state index contributed by atoms with van der Waals surface area (Å²) in [6.45, 7) is 1.82. The number of hydrogen-bond donors (Lipinski definition) is 0. The Morgan fingerprint density at radius 1 is 1.35 bits per heavy atom. The largest absolute Gasteiger partial charge is 0.509 e. The maximum atomic E-state index is 11.5. The average molecular weight is 237 g/mol. The van der Waals surface area contributed by atoms with Gasteiger partial charge in [0.15, 0.2) is 0 Å². The molecule has 0 fully saturated rings. The molecule has 0 aliphatic carbocycles. The summed E-state index contributed by atoms with van der Waals surface area (Å²) in [6, 6.07) is 9.24. The highest BCUT2D eigenvalue weighted by molar-refractivity contribution is 5.79. The second-order valence-electron chi connectivity index (χ2n) is 3.04. The molecule has 0 bridgehead atoms. The molecule has 1 radical (unpaired) electrons. The standard InChI is InChI=1S/C12H13O5/c1-3-16-12(14)17-10(11(13)15-2)9-7-5-4-6-8-9/h5-8,10H,3H2,1-2H3. The molecule has 1 unspecified atom stereocenters. The predicted octanol–water partition coefficient (Wildman–Crippen LogP) is 1.87. The van der Waals surface area contributed by atoms with Crippen molar-refractivity contribution in [2.45, 2.75) is 13.0 Å². The van der Waals surface area contributed by atoms with Gasteiger partial charge in [0.05, 0.1) is 13.7 Å². The Kier molecular flexibility index (Phi) is 5.00. The third kappa shape index (κ3) is 3.79. The molecule has 91 valence electrons. The van der Waals surface area contributed by atoms with Gasteiger partial charge in [-0.25, -0.2) is 9.59 Å². The van der Waals surface area contributed by atoms with E-state index in [0.717, 1.165) is 0 Å². The molecule has 0 aliphatic rings. The lowest BCUT2D eigenvalue weighted by molar-refractivity contribution is -0.152. The minimum absolute atomic E-state index is 0.176. The highest BCUT2D eigenvalue weighted by Crippen LogP contribution is 2.19. The van der Waals surface area contributed by atoms with Crippen LogP contribution in [0.3, 0.4) is 0 Å². The number of esters is 1. The van der Waals surface area contributed by atoms with Crippen LogP contribution in [0.15, 0.2) is 24.3 Å². The van der Waals surface area contributed by atoms with Crippen LogP contribution in [-0.2, 0) is 19.0 Å². The van der Waals surface area contributed by atoms with Gasteiger partial charge in [-0.05, 0) is 13.0 Å². The molecule has 0 saturated carbocycles. The summed E-state index contributed by atoms with van der Waals surface area (Å²) in [5.41, 5.74) is 0.503. The lowest BCUT2D eigenvalue weighted by Crippen LogP contribution is -2.21. The molecule has 1 rings (SSSR count). The molecule has 1 aromatic rings. The Morgan fingerprint density at radius 2 is 2.00 bits per heavy atom. The lowest BCUT2D eigenvalue weighted by atomic mass is 10.1. The van der Waals surface area contributed by atoms with E-state index in [-0.39, 0.29) is 6.61 Å². The van der Waals surface area contributed by atoms with Crippen LogP contribution in [0.2, 0.25) is 0 Å². The van der Waals surface area contributed by atoms with Gasteiger partial charge in [0.25, 0.3) is 0 Å². The van der Waals surface area contributed by atoms with E-state index < -0.39 is 18.2 Å². The van der Waals surface area contributed by atoms with E-state index in [9.17, 15) is 9.59 Å². The monoisotopic (exact) mass is 237 g/mol. The number of carbonyl (C=O) groups is 2. The van der Waals surface area contributed by atoms with Gasteiger partial charge in [-0.15, -0.1) is 0 Å². The molecule has 0 spiro atoms. The van der Waals surface area contributed by atoms with Gasteiger partial charge in [0.2, 0.25) is 6.10 Å². The van der Waals surface area contributed by atoms with Crippen molar-refractivity contribution in [1.82, 2.24) is 0 Å². The normalized spacial score (nSPS) is 11.4. The molecule has 5 heteroatoms. The van der Waals surface area contributed by atoms with Crippen LogP contribution >= 0.6 is 0 Å². The van der Waals surface area contributed by atoms with Crippen molar-refractivity contribution in [2.24, 2.45) is 0 Å². The third-order valence-electron chi connectivity index (χ3n) is 1.94. The maximum Gasteiger partial charge on any atom is 0.509 e. The van der Waals surface area contributed by atoms with Crippen molar-refractivity contribution < 1.29 is 23.8 Å². The smallest absolute Gasteiger partial charge is 0.466 e. The van der Waals surface area contributed by atoms with Gasteiger partial charge in [0.1, 0.15) is 0 Å². The minimum Gasteiger partial charge on any atom is -0.466 e. The number of carbonyl (C=O) groups excluding carboxylic acids is 2. The quantitative estimate of drug-likeness (QED) is 0.748. The van der Waals surface area contributed by atoms with Crippen molar-refractivity contribution in [3.05, 3.63) is 35.9 Å². The van der Waals surface area contributed by atoms with Crippen molar-refractivity contribution >= 4 is 12.1 Å².